The topological polar surface area (TPSA) is 155 Å². The molecule has 0 bridgehead atoms. The lowest BCUT2D eigenvalue weighted by molar-refractivity contribution is -0.161. The summed E-state index contributed by atoms with van der Waals surface area (Å²) in [5.41, 5.74) is 0. The maximum atomic E-state index is 12.9. The van der Waals surface area contributed by atoms with Crippen LogP contribution in [-0.4, -0.2) is 66.5 Å². The Kier molecular flexibility index (Phi) is 53.8. The summed E-state index contributed by atoms with van der Waals surface area (Å²) in [5, 5.41) is 9.82. The van der Waals surface area contributed by atoms with Crippen molar-refractivity contribution in [2.45, 2.75) is 277 Å². The first kappa shape index (κ1) is 70.9. The molecular weight excluding hydrogens is 952 g/mol. The van der Waals surface area contributed by atoms with Crippen molar-refractivity contribution in [1.29, 1.82) is 0 Å². The molecule has 3 atom stereocenters. The molecule has 0 aliphatic heterocycles. The number of phosphoric ester groups is 1. The molecule has 0 aliphatic rings. The van der Waals surface area contributed by atoms with Gasteiger partial charge in [0, 0.05) is 19.3 Å². The minimum Gasteiger partial charge on any atom is -0.462 e. The summed E-state index contributed by atoms with van der Waals surface area (Å²) in [7, 11) is -4.76. The molecule has 11 nitrogen and oxygen atoms in total. The van der Waals surface area contributed by atoms with E-state index in [1.54, 1.807) is 0 Å². The monoisotopic (exact) mass is 1060 g/mol. The van der Waals surface area contributed by atoms with Gasteiger partial charge in [-0.3, -0.25) is 23.4 Å². The first-order valence-corrected chi connectivity index (χ1v) is 31.3. The van der Waals surface area contributed by atoms with Gasteiger partial charge in [0.2, 0.25) is 0 Å². The van der Waals surface area contributed by atoms with Crippen LogP contribution in [0.3, 0.4) is 0 Å². The minimum atomic E-state index is -4.76. The Morgan fingerprint density at radius 1 is 0.392 bits per heavy atom. The molecule has 0 rings (SSSR count). The highest BCUT2D eigenvalue weighted by Gasteiger charge is 2.28. The second kappa shape index (κ2) is 56.1. The Labute approximate surface area is 452 Å². The Morgan fingerprint density at radius 3 is 1.11 bits per heavy atom. The summed E-state index contributed by atoms with van der Waals surface area (Å²) in [6, 6.07) is 0. The van der Waals surface area contributed by atoms with Crippen molar-refractivity contribution in [3.63, 3.8) is 0 Å². The number of allylic oxidation sites excluding steroid dienone is 12. The first-order valence-electron chi connectivity index (χ1n) is 29.8. The van der Waals surface area contributed by atoms with E-state index in [9.17, 15) is 28.9 Å². The van der Waals surface area contributed by atoms with Gasteiger partial charge in [-0.2, -0.15) is 0 Å². The number of phosphoric acid groups is 1. The van der Waals surface area contributed by atoms with E-state index < -0.39 is 57.8 Å². The van der Waals surface area contributed by atoms with E-state index in [1.165, 1.54) is 77.0 Å². The van der Waals surface area contributed by atoms with Crippen LogP contribution in [0.15, 0.2) is 72.9 Å². The number of ether oxygens (including phenoxy) is 3. The lowest BCUT2D eigenvalue weighted by Crippen LogP contribution is -2.30. The average molecular weight is 1060 g/mol. The average Bonchev–Trinajstić information content (AvgIpc) is 3.39. The Hall–Kier alpha value is -3.08. The van der Waals surface area contributed by atoms with Crippen molar-refractivity contribution >= 4 is 25.7 Å². The highest BCUT2D eigenvalue weighted by Crippen LogP contribution is 2.43. The normalized spacial score (nSPS) is 13.9. The minimum absolute atomic E-state index is 0.150. The number of carbonyl (C=O) groups is 3. The predicted molar refractivity (Wildman–Crippen MR) is 307 cm³/mol. The summed E-state index contributed by atoms with van der Waals surface area (Å²) >= 11 is 0. The number of esters is 3. The molecule has 0 saturated heterocycles. The van der Waals surface area contributed by atoms with Crippen molar-refractivity contribution in [3.8, 4) is 0 Å². The van der Waals surface area contributed by atoms with Crippen LogP contribution in [0.25, 0.3) is 0 Å². The summed E-state index contributed by atoms with van der Waals surface area (Å²) in [4.78, 5) is 48.6. The summed E-state index contributed by atoms with van der Waals surface area (Å²) in [6.07, 6.45) is 62.8. The first-order chi connectivity index (χ1) is 36.2. The molecule has 0 heterocycles. The smallest absolute Gasteiger partial charge is 0.462 e. The zero-order valence-electron chi connectivity index (χ0n) is 47.3. The van der Waals surface area contributed by atoms with Crippen LogP contribution in [0.1, 0.15) is 265 Å². The number of unbranched alkanes of at least 4 members (excludes halogenated alkanes) is 26. The van der Waals surface area contributed by atoms with Gasteiger partial charge in [0.15, 0.2) is 6.10 Å². The zero-order valence-corrected chi connectivity index (χ0v) is 48.2. The SMILES string of the molecule is CC/C=C\C/C=C\C/C=C\C/C=C\CCCCCCCCC(=O)OC(COC(=O)CCCCCCCCCCCCCCC)COP(=O)(O)OCC(CO)OC(=O)CCCCCCC/C=C\C/C=C\CCCCC. The third-order valence-electron chi connectivity index (χ3n) is 12.6. The van der Waals surface area contributed by atoms with Crippen LogP contribution < -0.4 is 0 Å². The van der Waals surface area contributed by atoms with Crippen LogP contribution in [0, 0.1) is 0 Å². The molecule has 0 saturated carbocycles. The second-order valence-corrected chi connectivity index (χ2v) is 21.2. The van der Waals surface area contributed by atoms with Gasteiger partial charge in [-0.05, 0) is 89.9 Å². The van der Waals surface area contributed by atoms with Gasteiger partial charge in [-0.1, -0.05) is 229 Å². The molecule has 74 heavy (non-hydrogen) atoms. The third-order valence-corrected chi connectivity index (χ3v) is 13.6. The van der Waals surface area contributed by atoms with Crippen molar-refractivity contribution in [2.24, 2.45) is 0 Å². The van der Waals surface area contributed by atoms with E-state index in [4.69, 9.17) is 23.3 Å². The standard InChI is InChI=1S/C62H109O11P/c1-4-7-10-13-16-19-22-25-27-28-29-30-32-35-38-41-44-47-50-53-62(66)73-59(55-69-60(64)51-48-45-42-39-36-33-24-21-18-15-12-9-6-3)57-71-74(67,68)70-56-58(54-63)72-61(65)52-49-46-43-40-37-34-31-26-23-20-17-14-11-8-5-2/h7,10,16-17,19-20,25-27,29-31,58-59,63H,4-6,8-9,11-15,18,21-24,28,32-57H2,1-3H3,(H,67,68)/b10-7-,19-16-,20-17-,27-25-,30-29-,31-26-. The van der Waals surface area contributed by atoms with Crippen LogP contribution in [0.5, 0.6) is 0 Å². The third kappa shape index (κ3) is 53.7. The molecule has 0 aromatic carbocycles. The van der Waals surface area contributed by atoms with Gasteiger partial charge in [-0.25, -0.2) is 4.57 Å². The van der Waals surface area contributed by atoms with Gasteiger partial charge < -0.3 is 24.2 Å². The largest absolute Gasteiger partial charge is 0.472 e. The highest BCUT2D eigenvalue weighted by atomic mass is 31.2. The van der Waals surface area contributed by atoms with Gasteiger partial charge in [0.1, 0.15) is 12.7 Å². The molecule has 0 aliphatic carbocycles. The maximum Gasteiger partial charge on any atom is 0.472 e. The van der Waals surface area contributed by atoms with E-state index in [0.29, 0.717) is 19.3 Å². The van der Waals surface area contributed by atoms with E-state index in [1.807, 2.05) is 0 Å². The summed E-state index contributed by atoms with van der Waals surface area (Å²) < 4.78 is 39.5. The van der Waals surface area contributed by atoms with Crippen LogP contribution in [0.2, 0.25) is 0 Å². The number of hydrogen-bond donors (Lipinski definition) is 2. The number of aliphatic hydroxyl groups excluding tert-OH is 1. The van der Waals surface area contributed by atoms with Crippen LogP contribution in [0.4, 0.5) is 0 Å². The number of rotatable bonds is 55. The summed E-state index contributed by atoms with van der Waals surface area (Å²) in [5.74, 6) is -1.49. The van der Waals surface area contributed by atoms with Crippen molar-refractivity contribution < 1.29 is 52.2 Å². The lowest BCUT2D eigenvalue weighted by atomic mass is 10.0. The van der Waals surface area contributed by atoms with Gasteiger partial charge in [0.05, 0.1) is 19.8 Å². The Bertz CT molecular complexity index is 1520. The van der Waals surface area contributed by atoms with E-state index in [0.717, 1.165) is 128 Å². The predicted octanol–water partition coefficient (Wildman–Crippen LogP) is 17.7. The molecule has 0 spiro atoms. The maximum absolute atomic E-state index is 12.9. The molecule has 0 radical (unpaired) electrons. The zero-order chi connectivity index (χ0) is 54.1. The van der Waals surface area contributed by atoms with E-state index in [-0.39, 0.29) is 25.9 Å². The second-order valence-electron chi connectivity index (χ2n) is 19.8. The quantitative estimate of drug-likeness (QED) is 0.0197. The van der Waals surface area contributed by atoms with Crippen LogP contribution in [-0.2, 0) is 42.2 Å². The Morgan fingerprint density at radius 2 is 0.703 bits per heavy atom. The van der Waals surface area contributed by atoms with Gasteiger partial charge >= 0.3 is 25.7 Å². The molecule has 12 heteroatoms. The molecule has 428 valence electrons. The van der Waals surface area contributed by atoms with Crippen LogP contribution >= 0.6 is 7.82 Å². The molecule has 0 fully saturated rings. The fraction of sp³-hybridized carbons (Fsp3) is 0.758. The molecule has 0 aromatic rings. The van der Waals surface area contributed by atoms with Gasteiger partial charge in [0.25, 0.3) is 0 Å². The summed E-state index contributed by atoms with van der Waals surface area (Å²) in [6.45, 7) is 4.49. The fourth-order valence-electron chi connectivity index (χ4n) is 8.08. The molecular formula is C62H109O11P. The number of hydrogen-bond acceptors (Lipinski definition) is 10. The lowest BCUT2D eigenvalue weighted by Gasteiger charge is -2.21. The Balaban J connectivity index is 4.73. The fourth-order valence-corrected chi connectivity index (χ4v) is 8.87. The molecule has 0 amide bonds. The number of carbonyl (C=O) groups excluding carboxylic acids is 3. The molecule has 3 unspecified atom stereocenters. The highest BCUT2D eigenvalue weighted by molar-refractivity contribution is 7.47. The number of aliphatic hydroxyl groups is 1. The van der Waals surface area contributed by atoms with E-state index >= 15 is 0 Å². The molecule has 2 N–H and O–H groups in total. The van der Waals surface area contributed by atoms with Crippen molar-refractivity contribution in [1.82, 2.24) is 0 Å². The molecule has 0 aromatic heterocycles. The van der Waals surface area contributed by atoms with Gasteiger partial charge in [-0.15, -0.1) is 0 Å². The van der Waals surface area contributed by atoms with E-state index in [2.05, 4.69) is 93.7 Å². The van der Waals surface area contributed by atoms with Crippen molar-refractivity contribution in [3.05, 3.63) is 72.9 Å². The van der Waals surface area contributed by atoms with Crippen molar-refractivity contribution in [2.75, 3.05) is 26.4 Å².